The van der Waals surface area contributed by atoms with Gasteiger partial charge in [-0.25, -0.2) is 9.18 Å². The number of amides is 3. The minimum absolute atomic E-state index is 0.0488. The van der Waals surface area contributed by atoms with Crippen molar-refractivity contribution in [3.63, 3.8) is 0 Å². The summed E-state index contributed by atoms with van der Waals surface area (Å²) in [5.74, 6) is -1.47. The highest BCUT2D eigenvalue weighted by Crippen LogP contribution is 2.29. The van der Waals surface area contributed by atoms with Gasteiger partial charge in [-0.15, -0.1) is 0 Å². The van der Waals surface area contributed by atoms with Crippen molar-refractivity contribution in [2.24, 2.45) is 5.92 Å². The van der Waals surface area contributed by atoms with Gasteiger partial charge in [0, 0.05) is 25.7 Å². The second-order valence-electron chi connectivity index (χ2n) is 9.16. The average Bonchev–Trinajstić information content (AvgIpc) is 3.01. The molecule has 0 unspecified atom stereocenters. The van der Waals surface area contributed by atoms with Crippen LogP contribution < -0.4 is 10.6 Å². The Morgan fingerprint density at radius 1 is 1.24 bits per heavy atom. The highest BCUT2D eigenvalue weighted by atomic mass is 19.1. The largest absolute Gasteiger partial charge is 0.444 e. The normalized spacial score (nSPS) is 17.3. The van der Waals surface area contributed by atoms with Crippen LogP contribution in [0.25, 0.3) is 0 Å². The van der Waals surface area contributed by atoms with Crippen molar-refractivity contribution in [1.82, 2.24) is 9.80 Å². The number of hydrogen-bond acceptors (Lipinski definition) is 7. The molecule has 2 heterocycles. The van der Waals surface area contributed by atoms with Crippen molar-refractivity contribution in [2.45, 2.75) is 39.2 Å². The molecule has 33 heavy (non-hydrogen) atoms. The molecule has 2 aliphatic heterocycles. The number of benzene rings is 1. The van der Waals surface area contributed by atoms with E-state index in [1.54, 1.807) is 17.0 Å². The summed E-state index contributed by atoms with van der Waals surface area (Å²) in [6, 6.07) is 4.51. The average molecular weight is 463 g/mol. The quantitative estimate of drug-likeness (QED) is 0.534. The molecule has 2 aliphatic rings. The number of β-amino-alcohol motifs (C(OH)–C–C–N with tert-alkyl or cyclic N) is 1. The molecule has 180 valence electrons. The third-order valence-corrected chi connectivity index (χ3v) is 5.45. The van der Waals surface area contributed by atoms with Crippen LogP contribution in [-0.4, -0.2) is 71.2 Å². The van der Waals surface area contributed by atoms with E-state index >= 15 is 0 Å². The summed E-state index contributed by atoms with van der Waals surface area (Å²) in [5.41, 5.74) is -0.0490. The van der Waals surface area contributed by atoms with Crippen LogP contribution in [0.1, 0.15) is 33.6 Å². The second-order valence-corrected chi connectivity index (χ2v) is 9.16. The molecule has 0 bridgehead atoms. The van der Waals surface area contributed by atoms with Gasteiger partial charge in [-0.05, 0) is 51.7 Å². The molecule has 3 amide bonds. The standard InChI is InChI=1S/C23H31FN4O5/c1-23(2,3)33-22(32)27-9-7-15(8-10-27)14-25-17-6-4-5-16(24)20(17)26-18-13-19(30)28(11-12-29)21(18)31/h4-6,13,15,25-26,29H,7-12,14H2,1-3H3. The zero-order valence-electron chi connectivity index (χ0n) is 19.2. The molecule has 1 aromatic rings. The lowest BCUT2D eigenvalue weighted by molar-refractivity contribution is -0.137. The monoisotopic (exact) mass is 462 g/mol. The van der Waals surface area contributed by atoms with E-state index in [0.717, 1.165) is 23.8 Å². The number of carbonyl (C=O) groups is 3. The van der Waals surface area contributed by atoms with Gasteiger partial charge in [-0.2, -0.15) is 0 Å². The number of aliphatic hydroxyl groups excluding tert-OH is 1. The number of para-hydroxylation sites is 1. The summed E-state index contributed by atoms with van der Waals surface area (Å²) < 4.78 is 20.0. The lowest BCUT2D eigenvalue weighted by Gasteiger charge is -2.33. The highest BCUT2D eigenvalue weighted by Gasteiger charge is 2.32. The molecule has 3 N–H and O–H groups in total. The SMILES string of the molecule is CC(C)(C)OC(=O)N1CCC(CNc2cccc(F)c2NC2=CC(=O)N(CCO)C2=O)CC1. The van der Waals surface area contributed by atoms with E-state index in [2.05, 4.69) is 10.6 Å². The number of nitrogens with one attached hydrogen (secondary N) is 2. The molecule has 0 radical (unpaired) electrons. The number of halogens is 1. The van der Waals surface area contributed by atoms with Gasteiger partial charge in [-0.3, -0.25) is 14.5 Å². The maximum absolute atomic E-state index is 14.6. The molecule has 0 atom stereocenters. The van der Waals surface area contributed by atoms with Gasteiger partial charge in [0.1, 0.15) is 17.1 Å². The number of rotatable bonds is 7. The summed E-state index contributed by atoms with van der Waals surface area (Å²) in [7, 11) is 0. The van der Waals surface area contributed by atoms with Crippen LogP contribution in [0.2, 0.25) is 0 Å². The molecule has 3 rings (SSSR count). The minimum Gasteiger partial charge on any atom is -0.444 e. The van der Waals surface area contributed by atoms with Crippen LogP contribution in [0, 0.1) is 11.7 Å². The molecule has 1 saturated heterocycles. The van der Waals surface area contributed by atoms with Gasteiger partial charge in [0.25, 0.3) is 11.8 Å². The van der Waals surface area contributed by atoms with Crippen molar-refractivity contribution in [1.29, 1.82) is 0 Å². The van der Waals surface area contributed by atoms with E-state index in [4.69, 9.17) is 9.84 Å². The fraction of sp³-hybridized carbons (Fsp3) is 0.522. The van der Waals surface area contributed by atoms with Crippen molar-refractivity contribution in [2.75, 3.05) is 43.4 Å². The van der Waals surface area contributed by atoms with Gasteiger partial charge in [0.2, 0.25) is 0 Å². The molecule has 0 spiro atoms. The summed E-state index contributed by atoms with van der Waals surface area (Å²) in [5, 5.41) is 15.0. The fourth-order valence-corrected chi connectivity index (χ4v) is 3.74. The van der Waals surface area contributed by atoms with Gasteiger partial charge in [0.15, 0.2) is 0 Å². The number of nitrogens with zero attached hydrogens (tertiary/aromatic N) is 2. The van der Waals surface area contributed by atoms with Crippen LogP contribution in [0.15, 0.2) is 30.0 Å². The molecule has 9 nitrogen and oxygen atoms in total. The second kappa shape index (κ2) is 10.2. The Balaban J connectivity index is 1.59. The van der Waals surface area contributed by atoms with Gasteiger partial charge < -0.3 is 25.4 Å². The first-order valence-electron chi connectivity index (χ1n) is 11.0. The van der Waals surface area contributed by atoms with E-state index in [0.29, 0.717) is 25.3 Å². The molecule has 1 fully saturated rings. The van der Waals surface area contributed by atoms with Crippen molar-refractivity contribution < 1.29 is 28.6 Å². The lowest BCUT2D eigenvalue weighted by Crippen LogP contribution is -2.42. The number of imide groups is 1. The maximum Gasteiger partial charge on any atom is 0.410 e. The molecule has 0 saturated carbocycles. The topological polar surface area (TPSA) is 111 Å². The molecular formula is C23H31FN4O5. The van der Waals surface area contributed by atoms with Gasteiger partial charge in [0.05, 0.1) is 24.5 Å². The van der Waals surface area contributed by atoms with Crippen LogP contribution >= 0.6 is 0 Å². The predicted octanol–water partition coefficient (Wildman–Crippen LogP) is 2.54. The summed E-state index contributed by atoms with van der Waals surface area (Å²) in [6.45, 7) is 6.76. The molecule has 1 aromatic carbocycles. The van der Waals surface area contributed by atoms with Crippen LogP contribution in [0.5, 0.6) is 0 Å². The maximum atomic E-state index is 14.6. The number of ether oxygens (including phenoxy) is 1. The smallest absolute Gasteiger partial charge is 0.410 e. The Hall–Kier alpha value is -3.14. The van der Waals surface area contributed by atoms with E-state index in [9.17, 15) is 18.8 Å². The number of piperidine rings is 1. The van der Waals surface area contributed by atoms with Crippen molar-refractivity contribution in [3.05, 3.63) is 35.8 Å². The van der Waals surface area contributed by atoms with Crippen LogP contribution in [0.4, 0.5) is 20.6 Å². The van der Waals surface area contributed by atoms with Gasteiger partial charge in [-0.1, -0.05) is 6.07 Å². The number of anilines is 2. The number of hydrogen-bond donors (Lipinski definition) is 3. The summed E-state index contributed by atoms with van der Waals surface area (Å²) in [4.78, 5) is 39.2. The van der Waals surface area contributed by atoms with Crippen LogP contribution in [-0.2, 0) is 14.3 Å². The van der Waals surface area contributed by atoms with Crippen LogP contribution in [0.3, 0.4) is 0 Å². The Morgan fingerprint density at radius 2 is 1.94 bits per heavy atom. The first-order valence-corrected chi connectivity index (χ1v) is 11.0. The third kappa shape index (κ3) is 6.22. The van der Waals surface area contributed by atoms with E-state index < -0.39 is 23.2 Å². The Kier molecular flexibility index (Phi) is 7.57. The molecule has 0 aliphatic carbocycles. The number of likely N-dealkylation sites (tertiary alicyclic amines) is 1. The zero-order chi connectivity index (χ0) is 24.2. The first-order chi connectivity index (χ1) is 15.6. The Morgan fingerprint density at radius 3 is 2.58 bits per heavy atom. The Bertz CT molecular complexity index is 935. The predicted molar refractivity (Wildman–Crippen MR) is 121 cm³/mol. The zero-order valence-corrected chi connectivity index (χ0v) is 19.2. The lowest BCUT2D eigenvalue weighted by atomic mass is 9.97. The van der Waals surface area contributed by atoms with Crippen molar-refractivity contribution >= 4 is 29.3 Å². The summed E-state index contributed by atoms with van der Waals surface area (Å²) in [6.07, 6.45) is 2.34. The number of carbonyl (C=O) groups excluding carboxylic acids is 3. The highest BCUT2D eigenvalue weighted by molar-refractivity contribution is 6.17. The fourth-order valence-electron chi connectivity index (χ4n) is 3.74. The first kappa shape index (κ1) is 24.5. The molecule has 0 aromatic heterocycles. The van der Waals surface area contributed by atoms with E-state index in [-0.39, 0.29) is 36.5 Å². The minimum atomic E-state index is -0.613. The van der Waals surface area contributed by atoms with Gasteiger partial charge >= 0.3 is 6.09 Å². The third-order valence-electron chi connectivity index (χ3n) is 5.45. The number of aliphatic hydroxyl groups is 1. The molecule has 10 heteroatoms. The van der Waals surface area contributed by atoms with Crippen molar-refractivity contribution in [3.8, 4) is 0 Å². The molecular weight excluding hydrogens is 431 g/mol. The Labute approximate surface area is 192 Å². The van der Waals surface area contributed by atoms with E-state index in [1.165, 1.54) is 6.07 Å². The summed E-state index contributed by atoms with van der Waals surface area (Å²) >= 11 is 0. The van der Waals surface area contributed by atoms with E-state index in [1.807, 2.05) is 20.8 Å².